The molecular formula is C28H30ClNO5. The van der Waals surface area contributed by atoms with Crippen LogP contribution in [0.1, 0.15) is 44.4 Å². The summed E-state index contributed by atoms with van der Waals surface area (Å²) in [6, 6.07) is 19.2. The summed E-state index contributed by atoms with van der Waals surface area (Å²) in [5, 5.41) is 12.5. The number of hydrogen-bond acceptors (Lipinski definition) is 5. The van der Waals surface area contributed by atoms with Gasteiger partial charge in [0.25, 0.3) is 5.91 Å². The molecule has 0 saturated carbocycles. The molecule has 1 aliphatic rings. The zero-order valence-corrected chi connectivity index (χ0v) is 20.9. The molecule has 35 heavy (non-hydrogen) atoms. The first-order valence-corrected chi connectivity index (χ1v) is 12.1. The van der Waals surface area contributed by atoms with Crippen molar-refractivity contribution in [2.45, 2.75) is 39.4 Å². The van der Waals surface area contributed by atoms with E-state index in [1.165, 1.54) is 0 Å². The highest BCUT2D eigenvalue weighted by Gasteiger charge is 2.40. The lowest BCUT2D eigenvalue weighted by atomic mass is 9.92. The van der Waals surface area contributed by atoms with Crippen molar-refractivity contribution < 1.29 is 24.2 Å². The van der Waals surface area contributed by atoms with E-state index in [4.69, 9.17) is 21.1 Å². The lowest BCUT2D eigenvalue weighted by molar-refractivity contribution is -0.151. The SMILES string of the molecule is CCOC(=O)C[C@H]1O[C@H](c2cccc3ccccc23)c2cc(Cl)ccc2N(CC(C)(C)CO)C1=O. The largest absolute Gasteiger partial charge is 0.466 e. The number of carbonyl (C=O) groups is 2. The molecule has 0 radical (unpaired) electrons. The average Bonchev–Trinajstić information content (AvgIpc) is 2.94. The summed E-state index contributed by atoms with van der Waals surface area (Å²) in [5.74, 6) is -0.862. The highest BCUT2D eigenvalue weighted by molar-refractivity contribution is 6.30. The highest BCUT2D eigenvalue weighted by Crippen LogP contribution is 2.42. The van der Waals surface area contributed by atoms with E-state index in [2.05, 4.69) is 0 Å². The van der Waals surface area contributed by atoms with Gasteiger partial charge in [0.05, 0.1) is 13.0 Å². The fourth-order valence-corrected chi connectivity index (χ4v) is 4.62. The Morgan fingerprint density at radius 2 is 1.86 bits per heavy atom. The molecule has 7 heteroatoms. The third-order valence-electron chi connectivity index (χ3n) is 6.18. The van der Waals surface area contributed by atoms with E-state index in [0.29, 0.717) is 10.7 Å². The second kappa shape index (κ2) is 10.4. The molecule has 0 spiro atoms. The van der Waals surface area contributed by atoms with Gasteiger partial charge in [0.15, 0.2) is 0 Å². The number of nitrogens with zero attached hydrogens (tertiary/aromatic N) is 1. The third kappa shape index (κ3) is 5.35. The van der Waals surface area contributed by atoms with Gasteiger partial charge in [-0.3, -0.25) is 9.59 Å². The van der Waals surface area contributed by atoms with Gasteiger partial charge in [-0.1, -0.05) is 67.9 Å². The standard InChI is InChI=1S/C28H30ClNO5/c1-4-34-25(32)15-24-27(33)30(16-28(2,3)17-31)23-13-12-19(29)14-22(23)26(35-24)21-11-7-9-18-8-5-6-10-20(18)21/h5-14,24,26,31H,4,15-17H2,1-3H3/t24-,26-/m1/s1. The number of benzene rings is 3. The van der Waals surface area contributed by atoms with Crippen molar-refractivity contribution >= 4 is 39.9 Å². The summed E-state index contributed by atoms with van der Waals surface area (Å²) in [7, 11) is 0. The summed E-state index contributed by atoms with van der Waals surface area (Å²) in [5.41, 5.74) is 1.66. The lowest BCUT2D eigenvalue weighted by Gasteiger charge is -2.32. The van der Waals surface area contributed by atoms with Crippen LogP contribution >= 0.6 is 11.6 Å². The number of carbonyl (C=O) groups excluding carboxylic acids is 2. The van der Waals surface area contributed by atoms with Crippen LogP contribution in [0.4, 0.5) is 5.69 Å². The topological polar surface area (TPSA) is 76.1 Å². The molecule has 184 valence electrons. The fraction of sp³-hybridized carbons (Fsp3) is 0.357. The third-order valence-corrected chi connectivity index (χ3v) is 6.42. The Kier molecular flexibility index (Phi) is 7.45. The van der Waals surface area contributed by atoms with E-state index in [9.17, 15) is 14.7 Å². The van der Waals surface area contributed by atoms with Crippen LogP contribution in [0.3, 0.4) is 0 Å². The van der Waals surface area contributed by atoms with Crippen molar-refractivity contribution in [3.05, 3.63) is 76.8 Å². The molecular weight excluding hydrogens is 466 g/mol. The molecule has 1 N–H and O–H groups in total. The van der Waals surface area contributed by atoms with Crippen LogP contribution in [0.2, 0.25) is 5.02 Å². The van der Waals surface area contributed by atoms with E-state index in [0.717, 1.165) is 21.9 Å². The predicted molar refractivity (Wildman–Crippen MR) is 137 cm³/mol. The summed E-state index contributed by atoms with van der Waals surface area (Å²) >= 11 is 6.43. The average molecular weight is 496 g/mol. The number of amides is 1. The van der Waals surface area contributed by atoms with Gasteiger partial charge in [-0.15, -0.1) is 0 Å². The van der Waals surface area contributed by atoms with E-state index >= 15 is 0 Å². The maximum Gasteiger partial charge on any atom is 0.308 e. The molecule has 3 aromatic rings. The number of hydrogen-bond donors (Lipinski definition) is 1. The predicted octanol–water partition coefficient (Wildman–Crippen LogP) is 5.29. The van der Waals surface area contributed by atoms with Gasteiger partial charge in [0, 0.05) is 34.8 Å². The van der Waals surface area contributed by atoms with Crippen LogP contribution in [-0.4, -0.2) is 42.8 Å². The number of ether oxygens (including phenoxy) is 2. The molecule has 0 saturated heterocycles. The maximum absolute atomic E-state index is 13.8. The van der Waals surface area contributed by atoms with Crippen molar-refractivity contribution in [1.82, 2.24) is 0 Å². The van der Waals surface area contributed by atoms with Crippen LogP contribution in [0, 0.1) is 5.41 Å². The smallest absolute Gasteiger partial charge is 0.308 e. The molecule has 4 rings (SSSR count). The van der Waals surface area contributed by atoms with E-state index < -0.39 is 23.6 Å². The van der Waals surface area contributed by atoms with Gasteiger partial charge in [-0.25, -0.2) is 0 Å². The highest BCUT2D eigenvalue weighted by atomic mass is 35.5. The first kappa shape index (κ1) is 25.2. The van der Waals surface area contributed by atoms with E-state index in [-0.39, 0.29) is 32.1 Å². The minimum Gasteiger partial charge on any atom is -0.466 e. The van der Waals surface area contributed by atoms with Gasteiger partial charge < -0.3 is 19.5 Å². The lowest BCUT2D eigenvalue weighted by Crippen LogP contribution is -2.46. The molecule has 3 aromatic carbocycles. The molecule has 0 aromatic heterocycles. The molecule has 0 aliphatic carbocycles. The molecule has 1 amide bonds. The van der Waals surface area contributed by atoms with E-state index in [1.807, 2.05) is 62.4 Å². The van der Waals surface area contributed by atoms with Crippen molar-refractivity contribution in [2.75, 3.05) is 24.7 Å². The van der Waals surface area contributed by atoms with Crippen LogP contribution in [0.15, 0.2) is 60.7 Å². The Bertz CT molecular complexity index is 1240. The van der Waals surface area contributed by atoms with Gasteiger partial charge in [-0.2, -0.15) is 0 Å². The summed E-state index contributed by atoms with van der Waals surface area (Å²) < 4.78 is 11.6. The second-order valence-electron chi connectivity index (χ2n) is 9.53. The van der Waals surface area contributed by atoms with Gasteiger partial charge >= 0.3 is 5.97 Å². The molecule has 0 bridgehead atoms. The van der Waals surface area contributed by atoms with Crippen molar-refractivity contribution in [1.29, 1.82) is 0 Å². The minimum absolute atomic E-state index is 0.115. The number of anilines is 1. The molecule has 6 nitrogen and oxygen atoms in total. The normalized spacial score (nSPS) is 18.3. The van der Waals surface area contributed by atoms with Crippen LogP contribution in [0.25, 0.3) is 10.8 Å². The number of aliphatic hydroxyl groups is 1. The number of esters is 1. The van der Waals surface area contributed by atoms with Crippen molar-refractivity contribution in [3.8, 4) is 0 Å². The Morgan fingerprint density at radius 3 is 2.60 bits per heavy atom. The summed E-state index contributed by atoms with van der Waals surface area (Å²) in [6.07, 6.45) is -1.94. The van der Waals surface area contributed by atoms with Crippen LogP contribution in [-0.2, 0) is 19.1 Å². The monoisotopic (exact) mass is 495 g/mol. The summed E-state index contributed by atoms with van der Waals surface area (Å²) in [6.45, 7) is 5.82. The second-order valence-corrected chi connectivity index (χ2v) is 9.97. The Hall–Kier alpha value is -2.93. The van der Waals surface area contributed by atoms with Gasteiger partial charge in [0.2, 0.25) is 0 Å². The number of fused-ring (bicyclic) bond motifs is 2. The first-order chi connectivity index (χ1) is 16.7. The molecule has 0 fully saturated rings. The van der Waals surface area contributed by atoms with Gasteiger partial charge in [0.1, 0.15) is 12.2 Å². The molecule has 0 unspecified atom stereocenters. The first-order valence-electron chi connectivity index (χ1n) is 11.7. The number of rotatable bonds is 7. The quantitative estimate of drug-likeness (QED) is 0.451. The maximum atomic E-state index is 13.8. The number of aliphatic hydroxyl groups excluding tert-OH is 1. The molecule has 1 heterocycles. The Balaban J connectivity index is 1.91. The zero-order valence-electron chi connectivity index (χ0n) is 20.2. The van der Waals surface area contributed by atoms with Gasteiger partial charge in [-0.05, 0) is 41.5 Å². The number of halogens is 1. The van der Waals surface area contributed by atoms with Crippen molar-refractivity contribution in [2.24, 2.45) is 5.41 Å². The fourth-order valence-electron chi connectivity index (χ4n) is 4.44. The zero-order chi connectivity index (χ0) is 25.2. The molecule has 1 aliphatic heterocycles. The van der Waals surface area contributed by atoms with Crippen LogP contribution < -0.4 is 4.90 Å². The Labute approximate surface area is 210 Å². The Morgan fingerprint density at radius 1 is 1.11 bits per heavy atom. The van der Waals surface area contributed by atoms with E-state index in [1.54, 1.807) is 24.0 Å². The molecule has 2 atom stereocenters. The van der Waals surface area contributed by atoms with Crippen LogP contribution in [0.5, 0.6) is 0 Å². The minimum atomic E-state index is -1.07. The summed E-state index contributed by atoms with van der Waals surface area (Å²) in [4.78, 5) is 27.9. The van der Waals surface area contributed by atoms with Crippen molar-refractivity contribution in [3.63, 3.8) is 0 Å².